The van der Waals surface area contributed by atoms with E-state index in [4.69, 9.17) is 0 Å². The van der Waals surface area contributed by atoms with E-state index < -0.39 is 5.41 Å². The van der Waals surface area contributed by atoms with Gasteiger partial charge >= 0.3 is 0 Å². The van der Waals surface area contributed by atoms with Gasteiger partial charge in [0.15, 0.2) is 0 Å². The summed E-state index contributed by atoms with van der Waals surface area (Å²) in [6, 6.07) is 63.2. The molecule has 7 aromatic carbocycles. The zero-order valence-corrected chi connectivity index (χ0v) is 29.0. The average Bonchev–Trinajstić information content (AvgIpc) is 3.49. The van der Waals surface area contributed by atoms with Gasteiger partial charge in [-0.05, 0) is 85.6 Å². The summed E-state index contributed by atoms with van der Waals surface area (Å²) in [5.74, 6) is 0.238. The van der Waals surface area contributed by atoms with Crippen molar-refractivity contribution in [1.29, 1.82) is 0 Å². The maximum atomic E-state index is 2.48. The highest BCUT2D eigenvalue weighted by Gasteiger charge is 2.57. The first-order valence-electron chi connectivity index (χ1n) is 18.2. The first-order chi connectivity index (χ1) is 25.1. The van der Waals surface area contributed by atoms with E-state index in [1.54, 1.807) is 0 Å². The summed E-state index contributed by atoms with van der Waals surface area (Å²) in [6.07, 6.45) is 7.30. The van der Waals surface area contributed by atoms with E-state index in [-0.39, 0.29) is 17.3 Å². The van der Waals surface area contributed by atoms with Gasteiger partial charge in [0.05, 0.1) is 11.1 Å². The molecular formula is C50H39N. The van der Waals surface area contributed by atoms with Crippen LogP contribution in [0.2, 0.25) is 0 Å². The quantitative estimate of drug-likeness (QED) is 0.183. The lowest BCUT2D eigenvalue weighted by Crippen LogP contribution is -2.41. The van der Waals surface area contributed by atoms with Crippen LogP contribution in [0.3, 0.4) is 0 Å². The smallest absolute Gasteiger partial charge is 0.0679 e. The van der Waals surface area contributed by atoms with E-state index in [0.717, 1.165) is 11.4 Å². The molecule has 2 unspecified atom stereocenters. The summed E-state index contributed by atoms with van der Waals surface area (Å²) < 4.78 is 0. The zero-order chi connectivity index (χ0) is 34.2. The molecule has 7 aromatic rings. The van der Waals surface area contributed by atoms with Gasteiger partial charge in [-0.1, -0.05) is 172 Å². The number of hydrogen-bond donors (Lipinski definition) is 0. The Kier molecular flexibility index (Phi) is 6.64. The fourth-order valence-electron chi connectivity index (χ4n) is 9.95. The van der Waals surface area contributed by atoms with E-state index in [2.05, 4.69) is 207 Å². The lowest BCUT2D eigenvalue weighted by molar-refractivity contribution is 0.547. The third kappa shape index (κ3) is 4.15. The molecular weight excluding hydrogens is 615 g/mol. The molecule has 3 aliphatic carbocycles. The second-order valence-corrected chi connectivity index (χ2v) is 14.8. The summed E-state index contributed by atoms with van der Waals surface area (Å²) in [5, 5.41) is 2.56. The number of para-hydroxylation sites is 2. The molecule has 244 valence electrons. The van der Waals surface area contributed by atoms with E-state index in [1.807, 2.05) is 0 Å². The van der Waals surface area contributed by atoms with Gasteiger partial charge in [0.1, 0.15) is 0 Å². The van der Waals surface area contributed by atoms with Crippen LogP contribution in [0.15, 0.2) is 194 Å². The summed E-state index contributed by atoms with van der Waals surface area (Å²) in [4.78, 5) is 2.46. The molecule has 1 spiro atoms. The molecule has 0 saturated heterocycles. The van der Waals surface area contributed by atoms with Crippen molar-refractivity contribution in [1.82, 2.24) is 0 Å². The number of benzene rings is 7. The monoisotopic (exact) mass is 653 g/mol. The highest BCUT2D eigenvalue weighted by Crippen LogP contribution is 2.67. The van der Waals surface area contributed by atoms with Crippen LogP contribution in [-0.4, -0.2) is 0 Å². The number of fused-ring (bicyclic) bond motifs is 10. The van der Waals surface area contributed by atoms with Crippen LogP contribution in [0, 0.1) is 0 Å². The second kappa shape index (κ2) is 11.3. The predicted octanol–water partition coefficient (Wildman–Crippen LogP) is 12.7. The molecule has 10 rings (SSSR count). The third-order valence-electron chi connectivity index (χ3n) is 12.0. The molecule has 0 fully saturated rings. The molecule has 3 aliphatic rings. The fourth-order valence-corrected chi connectivity index (χ4v) is 9.95. The highest BCUT2D eigenvalue weighted by atomic mass is 15.1. The lowest BCUT2D eigenvalue weighted by Gasteiger charge is -2.48. The number of hydrogen-bond acceptors (Lipinski definition) is 1. The maximum absolute atomic E-state index is 2.48. The van der Waals surface area contributed by atoms with Gasteiger partial charge in [-0.25, -0.2) is 0 Å². The van der Waals surface area contributed by atoms with Crippen molar-refractivity contribution in [3.8, 4) is 0 Å². The first kappa shape index (κ1) is 29.9. The Hall–Kier alpha value is -5.92. The zero-order valence-electron chi connectivity index (χ0n) is 29.0. The molecule has 1 heteroatoms. The Balaban J connectivity index is 1.28. The SMILES string of the molecule is CC1(C)c2ccccc2C2(C3=CC=CC(c4c(N(c5ccccc5)c5ccccc5)ccc5ccccc45)C3c3ccccc32)c2ccccc21. The molecule has 0 aliphatic heterocycles. The Bertz CT molecular complexity index is 2430. The Morgan fingerprint density at radius 2 is 1.02 bits per heavy atom. The predicted molar refractivity (Wildman–Crippen MR) is 213 cm³/mol. The molecule has 0 saturated carbocycles. The van der Waals surface area contributed by atoms with Crippen LogP contribution in [0.1, 0.15) is 64.6 Å². The normalized spacial score (nSPS) is 18.7. The molecule has 0 radical (unpaired) electrons. The summed E-state index contributed by atoms with van der Waals surface area (Å²) in [7, 11) is 0. The van der Waals surface area contributed by atoms with Crippen molar-refractivity contribution in [3.63, 3.8) is 0 Å². The molecule has 0 heterocycles. The fraction of sp³-hybridized carbons (Fsp3) is 0.120. The minimum absolute atomic E-state index is 0.0933. The van der Waals surface area contributed by atoms with Crippen molar-refractivity contribution in [3.05, 3.63) is 233 Å². The molecule has 0 N–H and O–H groups in total. The topological polar surface area (TPSA) is 3.24 Å². The van der Waals surface area contributed by atoms with E-state index in [9.17, 15) is 0 Å². The van der Waals surface area contributed by atoms with Crippen LogP contribution in [0.5, 0.6) is 0 Å². The molecule has 1 nitrogen and oxygen atoms in total. The van der Waals surface area contributed by atoms with Gasteiger partial charge in [0, 0.05) is 28.6 Å². The molecule has 0 amide bonds. The van der Waals surface area contributed by atoms with Gasteiger partial charge in [-0.2, -0.15) is 0 Å². The largest absolute Gasteiger partial charge is 0.310 e. The summed E-state index contributed by atoms with van der Waals surface area (Å²) >= 11 is 0. The Labute approximate surface area is 300 Å². The maximum Gasteiger partial charge on any atom is 0.0679 e. The van der Waals surface area contributed by atoms with Crippen LogP contribution in [0.25, 0.3) is 10.8 Å². The number of allylic oxidation sites excluding steroid dienone is 4. The molecule has 2 atom stereocenters. The summed E-state index contributed by atoms with van der Waals surface area (Å²) in [5.41, 5.74) is 14.3. The third-order valence-corrected chi connectivity index (χ3v) is 12.0. The van der Waals surface area contributed by atoms with Gasteiger partial charge in [0.2, 0.25) is 0 Å². The number of anilines is 3. The highest BCUT2D eigenvalue weighted by molar-refractivity contribution is 5.95. The van der Waals surface area contributed by atoms with E-state index >= 15 is 0 Å². The second-order valence-electron chi connectivity index (χ2n) is 14.8. The van der Waals surface area contributed by atoms with Gasteiger partial charge in [0.25, 0.3) is 0 Å². The molecule has 0 bridgehead atoms. The summed E-state index contributed by atoms with van der Waals surface area (Å²) in [6.45, 7) is 4.80. The van der Waals surface area contributed by atoms with Gasteiger partial charge < -0.3 is 4.90 Å². The standard InChI is InChI=1S/C50H39N/c1-49(2)41-27-13-15-29-43(41)50(44-30-16-14-28-42(44)49)40-26-12-11-24-38(40)47-39(25-17-31-45(47)50)48-37-23-10-9-18-34(37)32-33-46(48)51(35-19-5-3-6-20-35)36-21-7-4-8-22-36/h3-33,39,47H,1-2H3. The van der Waals surface area contributed by atoms with Crippen molar-refractivity contribution in [2.75, 3.05) is 4.90 Å². The van der Waals surface area contributed by atoms with Crippen LogP contribution >= 0.6 is 0 Å². The first-order valence-corrected chi connectivity index (χ1v) is 18.2. The lowest BCUT2D eigenvalue weighted by atomic mass is 9.54. The van der Waals surface area contributed by atoms with Crippen LogP contribution in [-0.2, 0) is 10.8 Å². The van der Waals surface area contributed by atoms with Crippen molar-refractivity contribution in [2.24, 2.45) is 0 Å². The van der Waals surface area contributed by atoms with Crippen LogP contribution < -0.4 is 4.90 Å². The minimum atomic E-state index is -0.393. The van der Waals surface area contributed by atoms with Gasteiger partial charge in [-0.3, -0.25) is 0 Å². The minimum Gasteiger partial charge on any atom is -0.310 e. The van der Waals surface area contributed by atoms with E-state index in [1.165, 1.54) is 61.0 Å². The van der Waals surface area contributed by atoms with Crippen molar-refractivity contribution >= 4 is 27.8 Å². The number of nitrogens with zero attached hydrogens (tertiary/aromatic N) is 1. The van der Waals surface area contributed by atoms with Gasteiger partial charge in [-0.15, -0.1) is 0 Å². The molecule has 0 aromatic heterocycles. The Morgan fingerprint density at radius 3 is 1.67 bits per heavy atom. The van der Waals surface area contributed by atoms with Crippen LogP contribution in [0.4, 0.5) is 17.1 Å². The Morgan fingerprint density at radius 1 is 0.490 bits per heavy atom. The van der Waals surface area contributed by atoms with Crippen molar-refractivity contribution in [2.45, 2.75) is 36.5 Å². The van der Waals surface area contributed by atoms with Crippen molar-refractivity contribution < 1.29 is 0 Å². The average molecular weight is 654 g/mol. The number of rotatable bonds is 4. The molecule has 51 heavy (non-hydrogen) atoms. The van der Waals surface area contributed by atoms with E-state index in [0.29, 0.717) is 0 Å².